The summed E-state index contributed by atoms with van der Waals surface area (Å²) in [5.74, 6) is 0. The predicted octanol–water partition coefficient (Wildman–Crippen LogP) is 2.07. The highest BCUT2D eigenvalue weighted by molar-refractivity contribution is 5.67. The number of hydrogen-bond donors (Lipinski definition) is 2. The van der Waals surface area contributed by atoms with Gasteiger partial charge < -0.3 is 20.5 Å². The summed E-state index contributed by atoms with van der Waals surface area (Å²) in [4.78, 5) is 11.7. The molecular formula is C15H22N2O3. The second-order valence-electron chi connectivity index (χ2n) is 5.36. The molecule has 0 bridgehead atoms. The van der Waals surface area contributed by atoms with Crippen LogP contribution in [-0.4, -0.2) is 24.5 Å². The number of alkyl carbamates (subject to hydrolysis) is 1. The van der Waals surface area contributed by atoms with Gasteiger partial charge in [0, 0.05) is 12.5 Å². The third-order valence-corrected chi connectivity index (χ3v) is 3.35. The van der Waals surface area contributed by atoms with Gasteiger partial charge in [0.05, 0.1) is 6.10 Å². The Morgan fingerprint density at radius 3 is 2.75 bits per heavy atom. The van der Waals surface area contributed by atoms with Gasteiger partial charge in [-0.3, -0.25) is 0 Å². The van der Waals surface area contributed by atoms with Crippen molar-refractivity contribution >= 4 is 6.09 Å². The first kappa shape index (κ1) is 14.8. The van der Waals surface area contributed by atoms with E-state index < -0.39 is 6.09 Å². The number of ether oxygens (including phenoxy) is 2. The maximum Gasteiger partial charge on any atom is 0.407 e. The van der Waals surface area contributed by atoms with Gasteiger partial charge in [-0.05, 0) is 25.8 Å². The standard InChI is InChI=1S/C15H22N2O3/c1-10-3-5-12(6-4-10)9-19-15(18)17-13-7-11(2)20-14(16)8-13/h3-6,11,13-14H,7-9,16H2,1-2H3,(H,17,18)/t11-,13+,14+/m0/s1. The Morgan fingerprint density at radius 1 is 1.40 bits per heavy atom. The van der Waals surface area contributed by atoms with Crippen LogP contribution in [0.15, 0.2) is 24.3 Å². The number of aryl methyl sites for hydroxylation is 1. The van der Waals surface area contributed by atoms with E-state index in [1.165, 1.54) is 5.56 Å². The van der Waals surface area contributed by atoms with E-state index in [1.807, 2.05) is 38.1 Å². The predicted molar refractivity (Wildman–Crippen MR) is 76.0 cm³/mol. The number of nitrogens with one attached hydrogen (secondary N) is 1. The summed E-state index contributed by atoms with van der Waals surface area (Å²) in [7, 11) is 0. The molecule has 1 aromatic rings. The fraction of sp³-hybridized carbons (Fsp3) is 0.533. The maximum absolute atomic E-state index is 11.7. The molecule has 3 N–H and O–H groups in total. The van der Waals surface area contributed by atoms with Crippen LogP contribution in [0.3, 0.4) is 0 Å². The summed E-state index contributed by atoms with van der Waals surface area (Å²) in [5, 5.41) is 2.84. The number of rotatable bonds is 3. The van der Waals surface area contributed by atoms with Gasteiger partial charge in [0.15, 0.2) is 0 Å². The molecule has 1 fully saturated rings. The van der Waals surface area contributed by atoms with Gasteiger partial charge in [0.1, 0.15) is 12.8 Å². The van der Waals surface area contributed by atoms with E-state index in [2.05, 4.69) is 5.32 Å². The summed E-state index contributed by atoms with van der Waals surface area (Å²) < 4.78 is 10.6. The fourth-order valence-corrected chi connectivity index (χ4v) is 2.35. The summed E-state index contributed by atoms with van der Waals surface area (Å²) in [6.07, 6.45) is 0.705. The van der Waals surface area contributed by atoms with Crippen molar-refractivity contribution in [1.29, 1.82) is 0 Å². The van der Waals surface area contributed by atoms with Crippen LogP contribution in [0.1, 0.15) is 30.9 Å². The maximum atomic E-state index is 11.7. The van der Waals surface area contributed by atoms with Crippen molar-refractivity contribution in [3.05, 3.63) is 35.4 Å². The highest BCUT2D eigenvalue weighted by atomic mass is 16.5. The third-order valence-electron chi connectivity index (χ3n) is 3.35. The molecule has 1 aliphatic heterocycles. The molecule has 0 aliphatic carbocycles. The van der Waals surface area contributed by atoms with Crippen molar-refractivity contribution in [1.82, 2.24) is 5.32 Å². The van der Waals surface area contributed by atoms with E-state index in [1.54, 1.807) is 0 Å². The van der Waals surface area contributed by atoms with Crippen molar-refractivity contribution in [2.75, 3.05) is 0 Å². The molecule has 1 heterocycles. The molecule has 0 spiro atoms. The fourth-order valence-electron chi connectivity index (χ4n) is 2.35. The molecule has 5 nitrogen and oxygen atoms in total. The summed E-state index contributed by atoms with van der Waals surface area (Å²) in [5.41, 5.74) is 7.91. The molecule has 0 radical (unpaired) electrons. The molecule has 0 unspecified atom stereocenters. The highest BCUT2D eigenvalue weighted by Gasteiger charge is 2.26. The lowest BCUT2D eigenvalue weighted by Gasteiger charge is -2.31. The van der Waals surface area contributed by atoms with Crippen LogP contribution in [0.5, 0.6) is 0 Å². The highest BCUT2D eigenvalue weighted by Crippen LogP contribution is 2.16. The molecular weight excluding hydrogens is 256 g/mol. The van der Waals surface area contributed by atoms with Crippen molar-refractivity contribution in [2.24, 2.45) is 5.73 Å². The number of nitrogens with two attached hydrogens (primary N) is 1. The molecule has 5 heteroatoms. The zero-order valence-corrected chi connectivity index (χ0v) is 12.0. The Hall–Kier alpha value is -1.59. The van der Waals surface area contributed by atoms with Crippen LogP contribution in [-0.2, 0) is 16.1 Å². The van der Waals surface area contributed by atoms with Gasteiger partial charge >= 0.3 is 6.09 Å². The van der Waals surface area contributed by atoms with Gasteiger partial charge in [0.25, 0.3) is 0 Å². The Labute approximate surface area is 119 Å². The molecule has 0 saturated carbocycles. The second kappa shape index (κ2) is 6.72. The summed E-state index contributed by atoms with van der Waals surface area (Å²) in [6, 6.07) is 7.91. The van der Waals surface area contributed by atoms with E-state index in [0.717, 1.165) is 12.0 Å². The van der Waals surface area contributed by atoms with Gasteiger partial charge in [-0.15, -0.1) is 0 Å². The first-order valence-corrected chi connectivity index (χ1v) is 6.93. The zero-order valence-electron chi connectivity index (χ0n) is 12.0. The average Bonchev–Trinajstić information content (AvgIpc) is 2.37. The first-order valence-electron chi connectivity index (χ1n) is 6.93. The average molecular weight is 278 g/mol. The first-order chi connectivity index (χ1) is 9.52. The zero-order chi connectivity index (χ0) is 14.5. The Kier molecular flexibility index (Phi) is 4.98. The molecule has 2 rings (SSSR count). The lowest BCUT2D eigenvalue weighted by Crippen LogP contribution is -2.47. The molecule has 0 aromatic heterocycles. The van der Waals surface area contributed by atoms with E-state index in [9.17, 15) is 4.79 Å². The minimum absolute atomic E-state index is 0.0132. The van der Waals surface area contributed by atoms with Crippen LogP contribution in [0.25, 0.3) is 0 Å². The van der Waals surface area contributed by atoms with E-state index in [4.69, 9.17) is 15.2 Å². The van der Waals surface area contributed by atoms with Gasteiger partial charge in [-0.2, -0.15) is 0 Å². The molecule has 1 amide bonds. The van der Waals surface area contributed by atoms with Crippen LogP contribution < -0.4 is 11.1 Å². The number of benzene rings is 1. The molecule has 1 aromatic carbocycles. The Morgan fingerprint density at radius 2 is 2.10 bits per heavy atom. The van der Waals surface area contributed by atoms with E-state index >= 15 is 0 Å². The summed E-state index contributed by atoms with van der Waals surface area (Å²) in [6.45, 7) is 4.25. The Balaban J connectivity index is 1.76. The van der Waals surface area contributed by atoms with Crippen LogP contribution in [0.2, 0.25) is 0 Å². The number of carbonyl (C=O) groups excluding carboxylic acids is 1. The summed E-state index contributed by atoms with van der Waals surface area (Å²) >= 11 is 0. The second-order valence-corrected chi connectivity index (χ2v) is 5.36. The molecule has 20 heavy (non-hydrogen) atoms. The molecule has 110 valence electrons. The molecule has 1 aliphatic rings. The van der Waals surface area contributed by atoms with Crippen LogP contribution in [0, 0.1) is 6.92 Å². The minimum atomic E-state index is -0.406. The van der Waals surface area contributed by atoms with Gasteiger partial charge in [-0.25, -0.2) is 4.79 Å². The van der Waals surface area contributed by atoms with Crippen molar-refractivity contribution < 1.29 is 14.3 Å². The van der Waals surface area contributed by atoms with Gasteiger partial charge in [0.2, 0.25) is 0 Å². The topological polar surface area (TPSA) is 73.6 Å². The van der Waals surface area contributed by atoms with Crippen LogP contribution >= 0.6 is 0 Å². The number of amides is 1. The number of hydrogen-bond acceptors (Lipinski definition) is 4. The monoisotopic (exact) mass is 278 g/mol. The normalized spacial score (nSPS) is 26.1. The lowest BCUT2D eigenvalue weighted by atomic mass is 10.0. The molecule has 1 saturated heterocycles. The minimum Gasteiger partial charge on any atom is -0.445 e. The van der Waals surface area contributed by atoms with Gasteiger partial charge in [-0.1, -0.05) is 29.8 Å². The SMILES string of the molecule is Cc1ccc(COC(=O)N[C@@H]2C[C@H](C)O[C@@H](N)C2)cc1. The lowest BCUT2D eigenvalue weighted by molar-refractivity contribution is -0.0478. The number of carbonyl (C=O) groups is 1. The molecule has 3 atom stereocenters. The Bertz CT molecular complexity index is 437. The quantitative estimate of drug-likeness (QED) is 0.887. The third kappa shape index (κ3) is 4.51. The largest absolute Gasteiger partial charge is 0.445 e. The van der Waals surface area contributed by atoms with E-state index in [-0.39, 0.29) is 25.0 Å². The smallest absolute Gasteiger partial charge is 0.407 e. The van der Waals surface area contributed by atoms with Crippen LogP contribution in [0.4, 0.5) is 4.79 Å². The van der Waals surface area contributed by atoms with Crippen molar-refractivity contribution in [3.8, 4) is 0 Å². The van der Waals surface area contributed by atoms with E-state index in [0.29, 0.717) is 6.42 Å². The van der Waals surface area contributed by atoms with Crippen molar-refractivity contribution in [3.63, 3.8) is 0 Å². The van der Waals surface area contributed by atoms with Crippen molar-refractivity contribution in [2.45, 2.75) is 51.7 Å².